The number of hydrogen-bond acceptors (Lipinski definition) is 3. The van der Waals surface area contributed by atoms with Crippen molar-refractivity contribution < 1.29 is 9.53 Å². The Morgan fingerprint density at radius 1 is 1.00 bits per heavy atom. The van der Waals surface area contributed by atoms with Gasteiger partial charge in [0.2, 0.25) is 0 Å². The Morgan fingerprint density at radius 2 is 1.71 bits per heavy atom. The molecule has 1 amide bonds. The highest BCUT2D eigenvalue weighted by Gasteiger charge is 2.03. The highest BCUT2D eigenvalue weighted by molar-refractivity contribution is 14.1. The summed E-state index contributed by atoms with van der Waals surface area (Å²) >= 11 is 14.1. The molecule has 0 aliphatic rings. The van der Waals surface area contributed by atoms with E-state index in [1.54, 1.807) is 30.5 Å². The molecule has 0 saturated carbocycles. The van der Waals surface area contributed by atoms with Crippen LogP contribution in [0.3, 0.4) is 0 Å². The van der Waals surface area contributed by atoms with Crippen molar-refractivity contribution >= 4 is 57.9 Å². The molecular weight excluding hydrogens is 510 g/mol. The summed E-state index contributed by atoms with van der Waals surface area (Å²) in [6.07, 6.45) is 1.58. The van der Waals surface area contributed by atoms with E-state index < -0.39 is 0 Å². The van der Waals surface area contributed by atoms with Crippen molar-refractivity contribution in [3.8, 4) is 5.75 Å². The second kappa shape index (κ2) is 9.91. The van der Waals surface area contributed by atoms with Crippen LogP contribution in [0.5, 0.6) is 5.75 Å². The molecule has 0 aromatic heterocycles. The smallest absolute Gasteiger partial charge is 0.271 e. The Hall–Kier alpha value is -2.09. The van der Waals surface area contributed by atoms with Crippen molar-refractivity contribution in [3.05, 3.63) is 97.0 Å². The molecular formula is C21H15Cl2IN2O2. The van der Waals surface area contributed by atoms with Crippen LogP contribution in [0.1, 0.15) is 21.5 Å². The number of nitrogens with one attached hydrogen (secondary N) is 1. The molecule has 0 bridgehead atoms. The highest BCUT2D eigenvalue weighted by Crippen LogP contribution is 2.23. The quantitative estimate of drug-likeness (QED) is 0.246. The van der Waals surface area contributed by atoms with Gasteiger partial charge in [0.1, 0.15) is 12.4 Å². The third-order valence-electron chi connectivity index (χ3n) is 3.76. The fourth-order valence-electron chi connectivity index (χ4n) is 2.28. The Morgan fingerprint density at radius 3 is 2.39 bits per heavy atom. The number of hydrogen-bond donors (Lipinski definition) is 1. The van der Waals surface area contributed by atoms with Crippen molar-refractivity contribution in [3.63, 3.8) is 0 Å². The molecule has 3 aromatic carbocycles. The average Bonchev–Trinajstić information content (AvgIpc) is 2.70. The topological polar surface area (TPSA) is 50.7 Å². The first kappa shape index (κ1) is 20.6. The lowest BCUT2D eigenvalue weighted by molar-refractivity contribution is 0.0955. The van der Waals surface area contributed by atoms with Gasteiger partial charge in [0.05, 0.1) is 16.3 Å². The van der Waals surface area contributed by atoms with Gasteiger partial charge in [-0.15, -0.1) is 0 Å². The summed E-state index contributed by atoms with van der Waals surface area (Å²) in [5.41, 5.74) is 4.84. The predicted octanol–water partition coefficient (Wildman–Crippen LogP) is 5.94. The first-order chi connectivity index (χ1) is 13.5. The zero-order chi connectivity index (χ0) is 19.9. The molecule has 1 N–H and O–H groups in total. The first-order valence-electron chi connectivity index (χ1n) is 8.27. The number of benzene rings is 3. The minimum absolute atomic E-state index is 0.255. The summed E-state index contributed by atoms with van der Waals surface area (Å²) in [6.45, 7) is 0.385. The Kier molecular flexibility index (Phi) is 7.30. The van der Waals surface area contributed by atoms with Crippen LogP contribution in [0.25, 0.3) is 0 Å². The molecule has 0 radical (unpaired) electrons. The summed E-state index contributed by atoms with van der Waals surface area (Å²) in [5.74, 6) is 0.459. The fourth-order valence-corrected chi connectivity index (χ4v) is 2.96. The van der Waals surface area contributed by atoms with Crippen molar-refractivity contribution in [1.82, 2.24) is 5.43 Å². The molecule has 3 aromatic rings. The molecule has 0 unspecified atom stereocenters. The van der Waals surface area contributed by atoms with Gasteiger partial charge in [-0.25, -0.2) is 5.43 Å². The van der Waals surface area contributed by atoms with Crippen LogP contribution in [-0.4, -0.2) is 12.1 Å². The van der Waals surface area contributed by atoms with E-state index in [0.29, 0.717) is 28.0 Å². The first-order valence-corrected chi connectivity index (χ1v) is 10.1. The molecule has 7 heteroatoms. The lowest BCUT2D eigenvalue weighted by atomic mass is 10.2. The van der Waals surface area contributed by atoms with E-state index in [1.165, 1.54) is 0 Å². The molecule has 0 saturated heterocycles. The summed E-state index contributed by atoms with van der Waals surface area (Å²) < 4.78 is 6.80. The van der Waals surface area contributed by atoms with Gasteiger partial charge in [-0.2, -0.15) is 5.10 Å². The van der Waals surface area contributed by atoms with E-state index in [2.05, 4.69) is 33.1 Å². The maximum atomic E-state index is 12.0. The average molecular weight is 525 g/mol. The zero-order valence-corrected chi connectivity index (χ0v) is 18.2. The number of halogens is 3. The van der Waals surface area contributed by atoms with Gasteiger partial charge < -0.3 is 4.74 Å². The second-order valence-electron chi connectivity index (χ2n) is 5.81. The van der Waals surface area contributed by atoms with Crippen molar-refractivity contribution in [1.29, 1.82) is 0 Å². The van der Waals surface area contributed by atoms with E-state index in [1.807, 2.05) is 42.5 Å². The van der Waals surface area contributed by atoms with Gasteiger partial charge in [0.25, 0.3) is 5.91 Å². The SMILES string of the molecule is O=C(N/N=C\c1ccc(OCc2ccc(Cl)c(Cl)c2)cc1)c1ccc(I)cc1. The van der Waals surface area contributed by atoms with Crippen molar-refractivity contribution in [2.75, 3.05) is 0 Å². The van der Waals surface area contributed by atoms with Crippen LogP contribution >= 0.6 is 45.8 Å². The number of rotatable bonds is 6. The Labute approximate surface area is 186 Å². The molecule has 3 rings (SSSR count). The zero-order valence-electron chi connectivity index (χ0n) is 14.5. The summed E-state index contributed by atoms with van der Waals surface area (Å²) in [4.78, 5) is 12.0. The summed E-state index contributed by atoms with van der Waals surface area (Å²) in [6, 6.07) is 20.0. The van der Waals surface area contributed by atoms with Crippen LogP contribution in [0.15, 0.2) is 71.8 Å². The van der Waals surface area contributed by atoms with Gasteiger partial charge in [-0.3, -0.25) is 4.79 Å². The van der Waals surface area contributed by atoms with Crippen LogP contribution in [0.4, 0.5) is 0 Å². The van der Waals surface area contributed by atoms with Gasteiger partial charge in [0, 0.05) is 9.13 Å². The summed E-state index contributed by atoms with van der Waals surface area (Å²) in [5, 5.41) is 5.01. The number of carbonyl (C=O) groups is 1. The lowest BCUT2D eigenvalue weighted by Gasteiger charge is -2.07. The largest absolute Gasteiger partial charge is 0.489 e. The number of nitrogens with zero attached hydrogens (tertiary/aromatic N) is 1. The summed E-state index contributed by atoms with van der Waals surface area (Å²) in [7, 11) is 0. The molecule has 0 aliphatic carbocycles. The van der Waals surface area contributed by atoms with Crippen LogP contribution in [-0.2, 0) is 6.61 Å². The molecule has 4 nitrogen and oxygen atoms in total. The number of amides is 1. The highest BCUT2D eigenvalue weighted by atomic mass is 127. The third kappa shape index (κ3) is 5.95. The second-order valence-corrected chi connectivity index (χ2v) is 7.87. The Balaban J connectivity index is 1.52. The van der Waals surface area contributed by atoms with E-state index in [9.17, 15) is 4.79 Å². The Bertz CT molecular complexity index is 990. The predicted molar refractivity (Wildman–Crippen MR) is 121 cm³/mol. The van der Waals surface area contributed by atoms with Crippen LogP contribution in [0.2, 0.25) is 10.0 Å². The minimum atomic E-state index is -0.255. The number of ether oxygens (including phenoxy) is 1. The van der Waals surface area contributed by atoms with Crippen molar-refractivity contribution in [2.24, 2.45) is 5.10 Å². The van der Waals surface area contributed by atoms with Gasteiger partial charge in [-0.05, 0) is 94.4 Å². The molecule has 28 heavy (non-hydrogen) atoms. The number of hydrazone groups is 1. The van der Waals surface area contributed by atoms with Crippen LogP contribution < -0.4 is 10.2 Å². The van der Waals surface area contributed by atoms with Gasteiger partial charge in [0.15, 0.2) is 0 Å². The van der Waals surface area contributed by atoms with Crippen molar-refractivity contribution in [2.45, 2.75) is 6.61 Å². The van der Waals surface area contributed by atoms with Crippen LogP contribution in [0, 0.1) is 3.57 Å². The van der Waals surface area contributed by atoms with E-state index in [4.69, 9.17) is 27.9 Å². The van der Waals surface area contributed by atoms with Gasteiger partial charge in [-0.1, -0.05) is 29.3 Å². The molecule has 0 fully saturated rings. The maximum absolute atomic E-state index is 12.0. The minimum Gasteiger partial charge on any atom is -0.489 e. The monoisotopic (exact) mass is 524 g/mol. The van der Waals surface area contributed by atoms with Gasteiger partial charge >= 0.3 is 0 Å². The molecule has 142 valence electrons. The maximum Gasteiger partial charge on any atom is 0.271 e. The lowest BCUT2D eigenvalue weighted by Crippen LogP contribution is -2.17. The number of carbonyl (C=O) groups excluding carboxylic acids is 1. The molecule has 0 aliphatic heterocycles. The third-order valence-corrected chi connectivity index (χ3v) is 5.21. The van der Waals surface area contributed by atoms with E-state index in [0.717, 1.165) is 14.7 Å². The normalized spacial score (nSPS) is 10.8. The van der Waals surface area contributed by atoms with E-state index in [-0.39, 0.29) is 5.91 Å². The fraction of sp³-hybridized carbons (Fsp3) is 0.0476. The molecule has 0 heterocycles. The molecule has 0 spiro atoms. The molecule has 0 atom stereocenters. The van der Waals surface area contributed by atoms with E-state index >= 15 is 0 Å². The standard InChI is InChI=1S/C21H15Cl2IN2O2/c22-19-10-3-15(11-20(19)23)13-28-18-8-1-14(2-9-18)12-25-26-21(27)16-4-6-17(24)7-5-16/h1-12H,13H2,(H,26,27)/b25-12-.